The van der Waals surface area contributed by atoms with Gasteiger partial charge in [-0.2, -0.15) is 0 Å². The summed E-state index contributed by atoms with van der Waals surface area (Å²) in [5.74, 6) is 0.420. The molecule has 4 nitrogen and oxygen atoms in total. The van der Waals surface area contributed by atoms with Gasteiger partial charge in [-0.15, -0.1) is 0 Å². The second-order valence-electron chi connectivity index (χ2n) is 7.23. The van der Waals surface area contributed by atoms with Crippen molar-refractivity contribution in [3.63, 3.8) is 0 Å². The van der Waals surface area contributed by atoms with Gasteiger partial charge in [0.05, 0.1) is 5.41 Å². The number of fused-ring (bicyclic) bond motifs is 1. The summed E-state index contributed by atoms with van der Waals surface area (Å²) in [5.41, 5.74) is 5.88. The van der Waals surface area contributed by atoms with Crippen LogP contribution in [0.4, 0.5) is 0 Å². The number of rotatable bonds is 3. The smallest absolute Gasteiger partial charge is 0.229 e. The molecule has 1 unspecified atom stereocenters. The van der Waals surface area contributed by atoms with Crippen LogP contribution in [0.3, 0.4) is 0 Å². The summed E-state index contributed by atoms with van der Waals surface area (Å²) in [5, 5.41) is 8.84. The van der Waals surface area contributed by atoms with E-state index in [2.05, 4.69) is 28.6 Å². The van der Waals surface area contributed by atoms with Crippen LogP contribution < -0.4 is 5.48 Å². The number of benzene rings is 1. The third-order valence-electron chi connectivity index (χ3n) is 6.02. The molecule has 0 radical (unpaired) electrons. The van der Waals surface area contributed by atoms with E-state index in [4.69, 9.17) is 5.21 Å². The fourth-order valence-electron chi connectivity index (χ4n) is 4.40. The Morgan fingerprint density at radius 1 is 1.27 bits per heavy atom. The number of carbonyl (C=O) groups is 1. The normalized spacial score (nSPS) is 28.0. The van der Waals surface area contributed by atoms with Crippen molar-refractivity contribution in [3.05, 3.63) is 34.9 Å². The van der Waals surface area contributed by atoms with Gasteiger partial charge >= 0.3 is 0 Å². The Kier molecular flexibility index (Phi) is 3.46. The van der Waals surface area contributed by atoms with Crippen molar-refractivity contribution < 1.29 is 10.0 Å². The van der Waals surface area contributed by atoms with Gasteiger partial charge < -0.3 is 10.1 Å². The van der Waals surface area contributed by atoms with Gasteiger partial charge in [-0.25, -0.2) is 5.48 Å². The van der Waals surface area contributed by atoms with Crippen molar-refractivity contribution in [1.82, 2.24) is 10.4 Å². The Morgan fingerprint density at radius 3 is 2.86 bits per heavy atom. The molecule has 1 aliphatic heterocycles. The van der Waals surface area contributed by atoms with E-state index in [0.717, 1.165) is 37.8 Å². The first-order chi connectivity index (χ1) is 10.7. The van der Waals surface area contributed by atoms with Gasteiger partial charge in [-0.1, -0.05) is 18.2 Å². The molecule has 118 valence electrons. The maximum absolute atomic E-state index is 13.0. The van der Waals surface area contributed by atoms with Crippen LogP contribution in [0, 0.1) is 5.41 Å². The molecule has 2 fully saturated rings. The van der Waals surface area contributed by atoms with Crippen LogP contribution in [0.1, 0.15) is 48.8 Å². The number of amides is 1. The zero-order chi connectivity index (χ0) is 15.2. The van der Waals surface area contributed by atoms with Gasteiger partial charge in [-0.05, 0) is 61.6 Å². The van der Waals surface area contributed by atoms with E-state index in [1.165, 1.54) is 30.4 Å². The van der Waals surface area contributed by atoms with Crippen molar-refractivity contribution in [1.29, 1.82) is 0 Å². The van der Waals surface area contributed by atoms with Crippen LogP contribution in [0.2, 0.25) is 0 Å². The molecular weight excluding hydrogens is 276 g/mol. The number of aryl methyl sites for hydroxylation is 1. The molecule has 1 atom stereocenters. The molecule has 1 heterocycles. The number of carbonyl (C=O) groups excluding carboxylic acids is 1. The Morgan fingerprint density at radius 2 is 2.14 bits per heavy atom. The first kappa shape index (κ1) is 14.2. The lowest BCUT2D eigenvalue weighted by atomic mass is 9.70. The molecule has 1 saturated heterocycles. The fourth-order valence-corrected chi connectivity index (χ4v) is 4.40. The van der Waals surface area contributed by atoms with Gasteiger partial charge in [0.2, 0.25) is 5.91 Å². The molecule has 1 saturated carbocycles. The zero-order valence-corrected chi connectivity index (χ0v) is 13.0. The van der Waals surface area contributed by atoms with Crippen molar-refractivity contribution in [2.24, 2.45) is 5.41 Å². The Labute approximate surface area is 131 Å². The summed E-state index contributed by atoms with van der Waals surface area (Å²) in [6.07, 6.45) is 7.59. The average molecular weight is 300 g/mol. The molecule has 22 heavy (non-hydrogen) atoms. The Hall–Kier alpha value is -1.39. The summed E-state index contributed by atoms with van der Waals surface area (Å²) >= 11 is 0. The number of hydrogen-bond acceptors (Lipinski definition) is 3. The van der Waals surface area contributed by atoms with Crippen molar-refractivity contribution in [2.45, 2.75) is 57.5 Å². The first-order valence-electron chi connectivity index (χ1n) is 8.51. The minimum Gasteiger partial charge on any atom is -0.339 e. The van der Waals surface area contributed by atoms with Crippen LogP contribution in [0.15, 0.2) is 18.2 Å². The molecule has 4 heteroatoms. The van der Waals surface area contributed by atoms with Crippen LogP contribution in [-0.4, -0.2) is 28.6 Å². The minimum atomic E-state index is -0.126. The summed E-state index contributed by atoms with van der Waals surface area (Å²) in [4.78, 5) is 15.2. The molecule has 1 spiro atoms. The number of hydrogen-bond donors (Lipinski definition) is 2. The predicted molar refractivity (Wildman–Crippen MR) is 83.5 cm³/mol. The van der Waals surface area contributed by atoms with Gasteiger partial charge in [0.25, 0.3) is 0 Å². The fraction of sp³-hybridized carbons (Fsp3) is 0.611. The van der Waals surface area contributed by atoms with Crippen molar-refractivity contribution in [3.8, 4) is 0 Å². The second kappa shape index (κ2) is 5.36. The van der Waals surface area contributed by atoms with Gasteiger partial charge in [-0.3, -0.25) is 4.79 Å². The first-order valence-corrected chi connectivity index (χ1v) is 8.51. The molecule has 1 aromatic carbocycles. The topological polar surface area (TPSA) is 52.6 Å². The van der Waals surface area contributed by atoms with Gasteiger partial charge in [0, 0.05) is 19.1 Å². The predicted octanol–water partition coefficient (Wildman–Crippen LogP) is 2.43. The summed E-state index contributed by atoms with van der Waals surface area (Å²) in [7, 11) is 0. The molecular formula is C18H24N2O2. The zero-order valence-electron chi connectivity index (χ0n) is 13.0. The van der Waals surface area contributed by atoms with E-state index in [0.29, 0.717) is 18.5 Å². The Bertz CT molecular complexity index is 597. The van der Waals surface area contributed by atoms with Crippen LogP contribution in [0.5, 0.6) is 0 Å². The third kappa shape index (κ3) is 2.17. The van der Waals surface area contributed by atoms with Crippen LogP contribution in [-0.2, 0) is 24.2 Å². The largest absolute Gasteiger partial charge is 0.339 e. The lowest BCUT2D eigenvalue weighted by molar-refractivity contribution is -0.139. The highest BCUT2D eigenvalue weighted by Crippen LogP contribution is 2.46. The van der Waals surface area contributed by atoms with E-state index in [-0.39, 0.29) is 5.41 Å². The number of hydroxylamine groups is 1. The molecule has 1 aromatic rings. The molecule has 0 aromatic heterocycles. The van der Waals surface area contributed by atoms with Crippen LogP contribution >= 0.6 is 0 Å². The third-order valence-corrected chi connectivity index (χ3v) is 6.02. The number of likely N-dealkylation sites (tertiary alicyclic amines) is 1. The monoisotopic (exact) mass is 300 g/mol. The highest BCUT2D eigenvalue weighted by Gasteiger charge is 2.50. The highest BCUT2D eigenvalue weighted by molar-refractivity contribution is 5.86. The maximum atomic E-state index is 13.0. The summed E-state index contributed by atoms with van der Waals surface area (Å²) in [6, 6.07) is 6.92. The second-order valence-corrected chi connectivity index (χ2v) is 7.23. The van der Waals surface area contributed by atoms with Crippen molar-refractivity contribution >= 4 is 5.91 Å². The lowest BCUT2D eigenvalue weighted by Crippen LogP contribution is -2.45. The Balaban J connectivity index is 1.55. The maximum Gasteiger partial charge on any atom is 0.229 e. The summed E-state index contributed by atoms with van der Waals surface area (Å²) < 4.78 is 0. The van der Waals surface area contributed by atoms with E-state index in [1.807, 2.05) is 0 Å². The molecule has 4 rings (SSSR count). The van der Waals surface area contributed by atoms with Gasteiger partial charge in [0.15, 0.2) is 0 Å². The molecule has 1 amide bonds. The average Bonchev–Trinajstić information content (AvgIpc) is 2.76. The molecule has 3 aliphatic rings. The molecule has 2 aliphatic carbocycles. The lowest BCUT2D eigenvalue weighted by Gasteiger charge is -2.38. The molecule has 2 N–H and O–H groups in total. The standard InChI is InChI=1S/C18H24N2O2/c21-17-18(8-9-20(17)16-2-1-3-16)7-6-14-10-13(12-19-22)4-5-15(14)11-18/h4-5,10,16,19,22H,1-3,6-9,11-12H2. The van der Waals surface area contributed by atoms with Gasteiger partial charge in [0.1, 0.15) is 0 Å². The SMILES string of the molecule is O=C1N(C2CCC2)CCC12CCc1cc(CNO)ccc1C2. The van der Waals surface area contributed by atoms with E-state index >= 15 is 0 Å². The molecule has 0 bridgehead atoms. The summed E-state index contributed by atoms with van der Waals surface area (Å²) in [6.45, 7) is 1.44. The van der Waals surface area contributed by atoms with Crippen LogP contribution in [0.25, 0.3) is 0 Å². The van der Waals surface area contributed by atoms with Crippen molar-refractivity contribution in [2.75, 3.05) is 6.54 Å². The van der Waals surface area contributed by atoms with E-state index < -0.39 is 0 Å². The highest BCUT2D eigenvalue weighted by atomic mass is 16.5. The van der Waals surface area contributed by atoms with E-state index in [1.54, 1.807) is 0 Å². The number of nitrogens with one attached hydrogen (secondary N) is 1. The number of nitrogens with zero attached hydrogens (tertiary/aromatic N) is 1. The minimum absolute atomic E-state index is 0.126. The van der Waals surface area contributed by atoms with E-state index in [9.17, 15) is 4.79 Å². The quantitative estimate of drug-likeness (QED) is 0.843.